The number of hydrogen-bond donors (Lipinski definition) is 1. The second kappa shape index (κ2) is 6.82. The van der Waals surface area contributed by atoms with Gasteiger partial charge < -0.3 is 10.2 Å². The van der Waals surface area contributed by atoms with Crippen molar-refractivity contribution < 1.29 is 4.79 Å². The normalized spacial score (nSPS) is 31.3. The van der Waals surface area contributed by atoms with E-state index in [1.165, 1.54) is 36.8 Å². The van der Waals surface area contributed by atoms with Gasteiger partial charge in [-0.15, -0.1) is 12.4 Å². The zero-order valence-electron chi connectivity index (χ0n) is 13.8. The quantitative estimate of drug-likeness (QED) is 0.918. The molecule has 1 N–H and O–H groups in total. The molecule has 3 aliphatic rings. The number of carbonyl (C=O) groups is 1. The smallest absolute Gasteiger partial charge is 0.223 e. The third-order valence-electron chi connectivity index (χ3n) is 6.00. The molecule has 1 amide bonds. The second-order valence-corrected chi connectivity index (χ2v) is 7.44. The van der Waals surface area contributed by atoms with Gasteiger partial charge in [0.05, 0.1) is 6.04 Å². The predicted molar refractivity (Wildman–Crippen MR) is 94.8 cm³/mol. The Labute approximate surface area is 145 Å². The molecule has 0 aromatic heterocycles. The van der Waals surface area contributed by atoms with Crippen molar-refractivity contribution in [1.82, 2.24) is 10.2 Å². The van der Waals surface area contributed by atoms with Gasteiger partial charge in [-0.25, -0.2) is 0 Å². The maximum absolute atomic E-state index is 12.7. The molecule has 126 valence electrons. The number of carbonyl (C=O) groups excluding carboxylic acids is 1. The fourth-order valence-corrected chi connectivity index (χ4v) is 4.84. The molecule has 4 rings (SSSR count). The molecule has 4 heteroatoms. The van der Waals surface area contributed by atoms with E-state index in [9.17, 15) is 4.79 Å². The highest BCUT2D eigenvalue weighted by Crippen LogP contribution is 2.37. The molecular formula is C19H27ClN2O. The van der Waals surface area contributed by atoms with Gasteiger partial charge in [0.2, 0.25) is 5.91 Å². The average Bonchev–Trinajstić information content (AvgIpc) is 3.10. The van der Waals surface area contributed by atoms with Crippen molar-refractivity contribution in [2.45, 2.75) is 63.1 Å². The summed E-state index contributed by atoms with van der Waals surface area (Å²) < 4.78 is 0. The summed E-state index contributed by atoms with van der Waals surface area (Å²) in [6.45, 7) is 0. The maximum atomic E-state index is 12.7. The summed E-state index contributed by atoms with van der Waals surface area (Å²) >= 11 is 0. The number of rotatable bonds is 3. The van der Waals surface area contributed by atoms with E-state index >= 15 is 0 Å². The van der Waals surface area contributed by atoms with Gasteiger partial charge in [0.25, 0.3) is 0 Å². The highest BCUT2D eigenvalue weighted by Gasteiger charge is 2.35. The van der Waals surface area contributed by atoms with E-state index in [0.29, 0.717) is 30.0 Å². The number of piperidine rings is 1. The molecule has 0 radical (unpaired) electrons. The van der Waals surface area contributed by atoms with Crippen LogP contribution in [-0.4, -0.2) is 29.9 Å². The molecule has 2 fully saturated rings. The molecule has 0 spiro atoms. The summed E-state index contributed by atoms with van der Waals surface area (Å²) in [7, 11) is 2.00. The highest BCUT2D eigenvalue weighted by molar-refractivity contribution is 5.85. The average molecular weight is 335 g/mol. The Morgan fingerprint density at radius 2 is 1.87 bits per heavy atom. The number of fused-ring (bicyclic) bond motifs is 3. The monoisotopic (exact) mass is 334 g/mol. The number of aryl methyl sites for hydroxylation is 1. The first-order chi connectivity index (χ1) is 10.7. The highest BCUT2D eigenvalue weighted by atomic mass is 35.5. The fourth-order valence-electron chi connectivity index (χ4n) is 4.84. The van der Waals surface area contributed by atoms with Crippen molar-refractivity contribution >= 4 is 18.3 Å². The van der Waals surface area contributed by atoms with Crippen LogP contribution in [-0.2, 0) is 11.2 Å². The van der Waals surface area contributed by atoms with Crippen molar-refractivity contribution in [1.29, 1.82) is 0 Å². The summed E-state index contributed by atoms with van der Waals surface area (Å²) in [5.74, 6) is 0.929. The first-order valence-electron chi connectivity index (χ1n) is 8.80. The summed E-state index contributed by atoms with van der Waals surface area (Å²) in [4.78, 5) is 14.8. The minimum Gasteiger partial charge on any atom is -0.339 e. The number of benzene rings is 1. The number of halogens is 1. The van der Waals surface area contributed by atoms with Gasteiger partial charge in [0, 0.05) is 25.6 Å². The van der Waals surface area contributed by atoms with Gasteiger partial charge in [-0.3, -0.25) is 4.79 Å². The van der Waals surface area contributed by atoms with Crippen LogP contribution in [0.4, 0.5) is 0 Å². The molecule has 0 saturated carbocycles. The van der Waals surface area contributed by atoms with Crippen molar-refractivity contribution in [3.63, 3.8) is 0 Å². The van der Waals surface area contributed by atoms with Crippen molar-refractivity contribution in [2.75, 3.05) is 7.05 Å². The Hall–Kier alpha value is -1.06. The lowest BCUT2D eigenvalue weighted by Crippen LogP contribution is -2.40. The second-order valence-electron chi connectivity index (χ2n) is 7.44. The summed E-state index contributed by atoms with van der Waals surface area (Å²) in [5, 5.41) is 3.67. The van der Waals surface area contributed by atoms with Crippen molar-refractivity contribution in [2.24, 2.45) is 5.92 Å². The third kappa shape index (κ3) is 3.27. The Balaban J connectivity index is 0.00000156. The van der Waals surface area contributed by atoms with E-state index in [-0.39, 0.29) is 12.4 Å². The van der Waals surface area contributed by atoms with Gasteiger partial charge in [0.1, 0.15) is 0 Å². The third-order valence-corrected chi connectivity index (χ3v) is 6.00. The van der Waals surface area contributed by atoms with Crippen LogP contribution < -0.4 is 5.32 Å². The van der Waals surface area contributed by atoms with Crippen LogP contribution >= 0.6 is 12.4 Å². The number of nitrogens with one attached hydrogen (secondary N) is 1. The van der Waals surface area contributed by atoms with E-state index in [1.807, 2.05) is 11.9 Å². The largest absolute Gasteiger partial charge is 0.339 e. The molecule has 2 saturated heterocycles. The predicted octanol–water partition coefficient (Wildman–Crippen LogP) is 3.47. The van der Waals surface area contributed by atoms with Crippen LogP contribution in [0.2, 0.25) is 0 Å². The van der Waals surface area contributed by atoms with Gasteiger partial charge in [-0.05, 0) is 55.6 Å². The lowest BCUT2D eigenvalue weighted by molar-refractivity contribution is -0.133. The van der Waals surface area contributed by atoms with E-state index in [1.54, 1.807) is 0 Å². The van der Waals surface area contributed by atoms with Crippen molar-refractivity contribution in [3.05, 3.63) is 35.4 Å². The molecule has 23 heavy (non-hydrogen) atoms. The lowest BCUT2D eigenvalue weighted by atomic mass is 9.89. The molecule has 2 aliphatic heterocycles. The molecule has 3 unspecified atom stereocenters. The summed E-state index contributed by atoms with van der Waals surface area (Å²) in [6, 6.07) is 10.2. The first kappa shape index (κ1) is 16.8. The van der Waals surface area contributed by atoms with Crippen LogP contribution in [0.1, 0.15) is 55.7 Å². The van der Waals surface area contributed by atoms with E-state index in [0.717, 1.165) is 19.3 Å². The first-order valence-corrected chi connectivity index (χ1v) is 8.80. The SMILES string of the molecule is CN(C(=O)CC1CC2CCC(C1)N2)C1CCc2ccccc21.Cl. The molecule has 1 aliphatic carbocycles. The van der Waals surface area contributed by atoms with Crippen LogP contribution in [0.5, 0.6) is 0 Å². The van der Waals surface area contributed by atoms with Crippen LogP contribution in [0.3, 0.4) is 0 Å². The molecule has 3 nitrogen and oxygen atoms in total. The molecule has 1 aromatic carbocycles. The van der Waals surface area contributed by atoms with Gasteiger partial charge in [0.15, 0.2) is 0 Å². The van der Waals surface area contributed by atoms with Crippen LogP contribution in [0.15, 0.2) is 24.3 Å². The van der Waals surface area contributed by atoms with Crippen LogP contribution in [0, 0.1) is 5.92 Å². The minimum absolute atomic E-state index is 0. The van der Waals surface area contributed by atoms with Gasteiger partial charge in [-0.1, -0.05) is 24.3 Å². The van der Waals surface area contributed by atoms with Gasteiger partial charge >= 0.3 is 0 Å². The number of amides is 1. The Morgan fingerprint density at radius 1 is 1.17 bits per heavy atom. The standard InChI is InChI=1S/C19H26N2O.ClH/c1-21(18-9-6-14-4-2-3-5-17(14)18)19(22)12-13-10-15-7-8-16(11-13)20-15;/h2-5,13,15-16,18,20H,6-12H2,1H3;1H. The number of nitrogens with zero attached hydrogens (tertiary/aromatic N) is 1. The maximum Gasteiger partial charge on any atom is 0.223 e. The summed E-state index contributed by atoms with van der Waals surface area (Å²) in [6.07, 6.45) is 7.93. The zero-order valence-corrected chi connectivity index (χ0v) is 14.6. The van der Waals surface area contributed by atoms with E-state index in [4.69, 9.17) is 0 Å². The minimum atomic E-state index is 0. The lowest BCUT2D eigenvalue weighted by Gasteiger charge is -2.31. The molecule has 3 atom stereocenters. The van der Waals surface area contributed by atoms with Crippen molar-refractivity contribution in [3.8, 4) is 0 Å². The molecular weight excluding hydrogens is 308 g/mol. The zero-order chi connectivity index (χ0) is 15.1. The Kier molecular flexibility index (Phi) is 4.98. The Morgan fingerprint density at radius 3 is 2.61 bits per heavy atom. The molecule has 2 heterocycles. The van der Waals surface area contributed by atoms with E-state index < -0.39 is 0 Å². The molecule has 2 bridgehead atoms. The van der Waals surface area contributed by atoms with Crippen LogP contribution in [0.25, 0.3) is 0 Å². The fraction of sp³-hybridized carbons (Fsp3) is 0.632. The molecule has 1 aromatic rings. The topological polar surface area (TPSA) is 32.3 Å². The van der Waals surface area contributed by atoms with E-state index in [2.05, 4.69) is 29.6 Å². The van der Waals surface area contributed by atoms with Gasteiger partial charge in [-0.2, -0.15) is 0 Å². The number of hydrogen-bond acceptors (Lipinski definition) is 2. The Bertz CT molecular complexity index is 564. The summed E-state index contributed by atoms with van der Waals surface area (Å²) in [5.41, 5.74) is 2.79.